The topological polar surface area (TPSA) is 126 Å². The second-order valence-electron chi connectivity index (χ2n) is 13.3. The van der Waals surface area contributed by atoms with Gasteiger partial charge in [-0.2, -0.15) is 0 Å². The molecule has 264 valence electrons. The third-order valence-corrected chi connectivity index (χ3v) is 11.0. The van der Waals surface area contributed by atoms with Gasteiger partial charge in [0, 0.05) is 83.1 Å². The summed E-state index contributed by atoms with van der Waals surface area (Å²) in [6.45, 7) is 5.61. The molecule has 2 aromatic carbocycles. The molecule has 0 radical (unpaired) electrons. The highest BCUT2D eigenvalue weighted by atomic mass is 35.5. The van der Waals surface area contributed by atoms with Gasteiger partial charge < -0.3 is 29.9 Å². The van der Waals surface area contributed by atoms with Crippen molar-refractivity contribution in [2.75, 3.05) is 70.8 Å². The summed E-state index contributed by atoms with van der Waals surface area (Å²) in [5, 5.41) is 12.9. The van der Waals surface area contributed by atoms with Crippen molar-refractivity contribution < 1.29 is 29.0 Å². The van der Waals surface area contributed by atoms with E-state index in [1.807, 2.05) is 34.1 Å². The van der Waals surface area contributed by atoms with E-state index < -0.39 is 18.2 Å². The quantitative estimate of drug-likeness (QED) is 0.415. The minimum absolute atomic E-state index is 0.00607. The standard InChI is InChI=1S/C35H44Cl2N6O6/c36-28-6-5-24(21-29(28)37)22-31(33(46)41-12-8-26(9-13-41)40-19-17-39(18-20-40)23-32(44)45)49-35(48)42-14-10-27(11-15-42)43-16-7-25-3-1-2-4-30(25)38-34(43)47/h1-6,21,26-27,31H,7-20,22-23H2,(H,38,47)(H,44,45). The Balaban J connectivity index is 1.05. The number of urea groups is 1. The molecule has 1 atom stereocenters. The molecule has 0 spiro atoms. The van der Waals surface area contributed by atoms with E-state index >= 15 is 0 Å². The molecule has 4 aliphatic rings. The van der Waals surface area contributed by atoms with Crippen LogP contribution in [0.15, 0.2) is 42.5 Å². The molecule has 4 amide bonds. The van der Waals surface area contributed by atoms with E-state index in [1.54, 1.807) is 28.0 Å². The van der Waals surface area contributed by atoms with Crippen LogP contribution in [0.5, 0.6) is 0 Å². The van der Waals surface area contributed by atoms with Gasteiger partial charge in [-0.15, -0.1) is 0 Å². The first-order chi connectivity index (χ1) is 23.6. The fourth-order valence-corrected chi connectivity index (χ4v) is 7.81. The predicted octanol–water partition coefficient (Wildman–Crippen LogP) is 4.29. The summed E-state index contributed by atoms with van der Waals surface area (Å²) in [6, 6.07) is 13.2. The smallest absolute Gasteiger partial charge is 0.410 e. The monoisotopic (exact) mass is 714 g/mol. The minimum Gasteiger partial charge on any atom is -0.480 e. The number of carboxylic acid groups (broad SMARTS) is 1. The Morgan fingerprint density at radius 3 is 2.20 bits per heavy atom. The van der Waals surface area contributed by atoms with Crippen LogP contribution in [0.1, 0.15) is 36.8 Å². The van der Waals surface area contributed by atoms with E-state index in [1.165, 1.54) is 0 Å². The number of rotatable bonds is 8. The molecular formula is C35H44Cl2N6O6. The highest BCUT2D eigenvalue weighted by molar-refractivity contribution is 6.42. The van der Waals surface area contributed by atoms with Gasteiger partial charge in [-0.25, -0.2) is 9.59 Å². The van der Waals surface area contributed by atoms with Gasteiger partial charge in [0.25, 0.3) is 5.91 Å². The summed E-state index contributed by atoms with van der Waals surface area (Å²) in [5.74, 6) is -1.05. The van der Waals surface area contributed by atoms with E-state index in [0.717, 1.165) is 49.2 Å². The third kappa shape index (κ3) is 8.78. The first-order valence-corrected chi connectivity index (χ1v) is 17.9. The van der Waals surface area contributed by atoms with Gasteiger partial charge in [-0.05, 0) is 61.4 Å². The lowest BCUT2D eigenvalue weighted by atomic mass is 10.0. The van der Waals surface area contributed by atoms with Crippen LogP contribution >= 0.6 is 23.2 Å². The van der Waals surface area contributed by atoms with E-state index in [0.29, 0.717) is 74.7 Å². The molecular weight excluding hydrogens is 671 g/mol. The van der Waals surface area contributed by atoms with Gasteiger partial charge in [0.2, 0.25) is 0 Å². The second kappa shape index (κ2) is 16.0. The Kier molecular flexibility index (Phi) is 11.5. The Morgan fingerprint density at radius 1 is 0.837 bits per heavy atom. The number of piperidine rings is 2. The number of aliphatic carboxylic acids is 1. The van der Waals surface area contributed by atoms with Crippen LogP contribution in [0.4, 0.5) is 15.3 Å². The largest absolute Gasteiger partial charge is 0.480 e. The van der Waals surface area contributed by atoms with E-state index in [4.69, 9.17) is 33.0 Å². The molecule has 0 saturated carbocycles. The average molecular weight is 716 g/mol. The fraction of sp³-hybridized carbons (Fsp3) is 0.543. The van der Waals surface area contributed by atoms with Gasteiger partial charge in [0.15, 0.2) is 6.10 Å². The molecule has 0 aliphatic carbocycles. The number of amides is 4. The van der Waals surface area contributed by atoms with Gasteiger partial charge in [-0.1, -0.05) is 47.5 Å². The zero-order chi connectivity index (χ0) is 34.5. The molecule has 4 aliphatic heterocycles. The number of para-hydroxylation sites is 1. The highest BCUT2D eigenvalue weighted by Crippen LogP contribution is 2.27. The number of halogens is 2. The Hall–Kier alpha value is -3.58. The van der Waals surface area contributed by atoms with Crippen molar-refractivity contribution in [1.82, 2.24) is 24.5 Å². The molecule has 49 heavy (non-hydrogen) atoms. The predicted molar refractivity (Wildman–Crippen MR) is 186 cm³/mol. The Bertz CT molecular complexity index is 1520. The van der Waals surface area contributed by atoms with Crippen LogP contribution < -0.4 is 5.32 Å². The number of piperazine rings is 1. The molecule has 0 aromatic heterocycles. The maximum Gasteiger partial charge on any atom is 0.410 e. The number of hydrogen-bond donors (Lipinski definition) is 2. The lowest BCUT2D eigenvalue weighted by molar-refractivity contribution is -0.142. The number of nitrogens with zero attached hydrogens (tertiary/aromatic N) is 5. The summed E-state index contributed by atoms with van der Waals surface area (Å²) in [6.07, 6.45) is 2.16. The van der Waals surface area contributed by atoms with Crippen molar-refractivity contribution in [2.45, 2.75) is 56.7 Å². The number of carboxylic acids is 1. The van der Waals surface area contributed by atoms with Crippen LogP contribution in [0, 0.1) is 0 Å². The summed E-state index contributed by atoms with van der Waals surface area (Å²) in [4.78, 5) is 61.3. The lowest BCUT2D eigenvalue weighted by Crippen LogP contribution is -2.55. The van der Waals surface area contributed by atoms with Crippen molar-refractivity contribution >= 4 is 52.9 Å². The number of nitrogens with one attached hydrogen (secondary N) is 1. The normalized spacial score (nSPS) is 20.7. The maximum atomic E-state index is 14.0. The highest BCUT2D eigenvalue weighted by Gasteiger charge is 2.36. The third-order valence-electron chi connectivity index (χ3n) is 10.3. The molecule has 3 saturated heterocycles. The lowest BCUT2D eigenvalue weighted by Gasteiger charge is -2.43. The Labute approximate surface area is 296 Å². The van der Waals surface area contributed by atoms with Gasteiger partial charge in [0.1, 0.15) is 0 Å². The van der Waals surface area contributed by atoms with Crippen LogP contribution in [0.3, 0.4) is 0 Å². The molecule has 3 fully saturated rings. The van der Waals surface area contributed by atoms with Crippen molar-refractivity contribution in [1.29, 1.82) is 0 Å². The molecule has 4 heterocycles. The molecule has 12 nitrogen and oxygen atoms in total. The van der Waals surface area contributed by atoms with Crippen LogP contribution in [0.25, 0.3) is 0 Å². The molecule has 1 unspecified atom stereocenters. The number of benzene rings is 2. The number of carbonyl (C=O) groups is 4. The van der Waals surface area contributed by atoms with Gasteiger partial charge in [0.05, 0.1) is 16.6 Å². The number of fused-ring (bicyclic) bond motifs is 1. The summed E-state index contributed by atoms with van der Waals surface area (Å²) < 4.78 is 5.99. The maximum absolute atomic E-state index is 14.0. The zero-order valence-electron chi connectivity index (χ0n) is 27.6. The number of carbonyl (C=O) groups excluding carboxylic acids is 3. The fourth-order valence-electron chi connectivity index (χ4n) is 7.49. The molecule has 2 N–H and O–H groups in total. The summed E-state index contributed by atoms with van der Waals surface area (Å²) in [5.41, 5.74) is 2.69. The van der Waals surface area contributed by atoms with E-state index in [-0.39, 0.29) is 30.9 Å². The molecule has 2 aromatic rings. The van der Waals surface area contributed by atoms with Crippen LogP contribution in [0.2, 0.25) is 10.0 Å². The first-order valence-electron chi connectivity index (χ1n) is 17.2. The van der Waals surface area contributed by atoms with E-state index in [9.17, 15) is 19.2 Å². The van der Waals surface area contributed by atoms with E-state index in [2.05, 4.69) is 10.2 Å². The van der Waals surface area contributed by atoms with Gasteiger partial charge in [-0.3, -0.25) is 19.4 Å². The number of ether oxygens (including phenoxy) is 1. The summed E-state index contributed by atoms with van der Waals surface area (Å²) in [7, 11) is 0. The second-order valence-corrected chi connectivity index (χ2v) is 14.2. The van der Waals surface area contributed by atoms with Crippen LogP contribution in [-0.2, 0) is 27.2 Å². The number of hydrogen-bond acceptors (Lipinski definition) is 7. The first kappa shape index (κ1) is 35.3. The van der Waals surface area contributed by atoms with Crippen molar-refractivity contribution in [3.05, 3.63) is 63.6 Å². The summed E-state index contributed by atoms with van der Waals surface area (Å²) >= 11 is 12.4. The SMILES string of the molecule is O=C(O)CN1CCN(C2CCN(C(=O)C(Cc3ccc(Cl)c(Cl)c3)OC(=O)N3CCC(N4CCc5ccccc5NC4=O)CC3)CC2)CC1. The van der Waals surface area contributed by atoms with Crippen molar-refractivity contribution in [3.8, 4) is 0 Å². The van der Waals surface area contributed by atoms with Crippen LogP contribution in [-0.4, -0.2) is 137 Å². The molecule has 14 heteroatoms. The zero-order valence-corrected chi connectivity index (χ0v) is 29.1. The van der Waals surface area contributed by atoms with Gasteiger partial charge >= 0.3 is 18.1 Å². The van der Waals surface area contributed by atoms with Crippen molar-refractivity contribution in [2.24, 2.45) is 0 Å². The number of anilines is 1. The Morgan fingerprint density at radius 2 is 1.51 bits per heavy atom. The molecule has 0 bridgehead atoms. The number of likely N-dealkylation sites (tertiary alicyclic amines) is 2. The van der Waals surface area contributed by atoms with Crippen molar-refractivity contribution in [3.63, 3.8) is 0 Å². The average Bonchev–Trinajstić information content (AvgIpc) is 3.27. The minimum atomic E-state index is -1.03. The molecule has 6 rings (SSSR count).